The molecule has 1 N–H and O–H groups in total. The van der Waals surface area contributed by atoms with Crippen LogP contribution in [0.4, 0.5) is 0 Å². The maximum atomic E-state index is 12.2. The number of benzene rings is 1. The number of hydrogen-bond acceptors (Lipinski definition) is 1. The molecule has 1 fully saturated rings. The molecule has 1 aromatic rings. The Morgan fingerprint density at radius 2 is 1.62 bits per heavy atom. The largest absolute Gasteiger partial charge is 0.349 e. The van der Waals surface area contributed by atoms with Crippen molar-refractivity contribution in [2.24, 2.45) is 5.41 Å². The number of carbonyl (C=O) groups excluding carboxylic acids is 1. The summed E-state index contributed by atoms with van der Waals surface area (Å²) in [6.45, 7) is 8.71. The monoisotopic (exact) mass is 285 g/mol. The Kier molecular flexibility index (Phi) is 4.87. The molecule has 0 aliphatic heterocycles. The maximum Gasteiger partial charge on any atom is 0.251 e. The number of carbonyl (C=O) groups is 1. The van der Waals surface area contributed by atoms with Crippen LogP contribution in [0.2, 0.25) is 0 Å². The molecule has 0 spiro atoms. The van der Waals surface area contributed by atoms with Crippen LogP contribution in [-0.4, -0.2) is 11.9 Å². The molecule has 0 atom stereocenters. The van der Waals surface area contributed by atoms with Crippen molar-refractivity contribution in [1.82, 2.24) is 5.32 Å². The lowest BCUT2D eigenvalue weighted by Gasteiger charge is -2.15. The summed E-state index contributed by atoms with van der Waals surface area (Å²) in [5, 5.41) is 3.13. The number of rotatable bonds is 3. The number of hydrogen-bond donors (Lipinski definition) is 1. The normalized spacial score (nSPS) is 17.0. The van der Waals surface area contributed by atoms with Crippen LogP contribution >= 0.6 is 0 Å². The second-order valence-corrected chi connectivity index (χ2v) is 7.23. The summed E-state index contributed by atoms with van der Waals surface area (Å²) in [6.07, 6.45) is 6.98. The zero-order valence-corrected chi connectivity index (χ0v) is 13.7. The highest BCUT2D eigenvalue weighted by atomic mass is 16.1. The van der Waals surface area contributed by atoms with Crippen LogP contribution in [0.5, 0.6) is 0 Å². The van der Waals surface area contributed by atoms with Crippen LogP contribution in [-0.2, 0) is 0 Å². The fourth-order valence-electron chi connectivity index (χ4n) is 2.96. The molecular formula is C19H27NO. The van der Waals surface area contributed by atoms with Crippen molar-refractivity contribution in [1.29, 1.82) is 0 Å². The first kappa shape index (κ1) is 15.8. The van der Waals surface area contributed by atoms with E-state index < -0.39 is 0 Å². The SMILES string of the molecule is CC(=CC(C)(C)C)c1ccc(C(=O)NC2CCCC2)cc1. The van der Waals surface area contributed by atoms with Gasteiger partial charge in [0, 0.05) is 11.6 Å². The highest BCUT2D eigenvalue weighted by molar-refractivity contribution is 5.94. The van der Waals surface area contributed by atoms with E-state index in [2.05, 4.69) is 39.1 Å². The fourth-order valence-corrected chi connectivity index (χ4v) is 2.96. The first-order valence-corrected chi connectivity index (χ1v) is 7.96. The van der Waals surface area contributed by atoms with Crippen LogP contribution in [0.3, 0.4) is 0 Å². The van der Waals surface area contributed by atoms with Gasteiger partial charge in [0.25, 0.3) is 5.91 Å². The standard InChI is InChI=1S/C19H27NO/c1-14(13-19(2,3)4)15-9-11-16(12-10-15)18(21)20-17-7-5-6-8-17/h9-13,17H,5-8H2,1-4H3,(H,20,21). The van der Waals surface area contributed by atoms with E-state index in [0.29, 0.717) is 6.04 Å². The van der Waals surface area contributed by atoms with Gasteiger partial charge >= 0.3 is 0 Å². The minimum Gasteiger partial charge on any atom is -0.349 e. The topological polar surface area (TPSA) is 29.1 Å². The predicted octanol–water partition coefficient (Wildman–Crippen LogP) is 4.81. The quantitative estimate of drug-likeness (QED) is 0.848. The van der Waals surface area contributed by atoms with Crippen molar-refractivity contribution < 1.29 is 4.79 Å². The Morgan fingerprint density at radius 3 is 2.14 bits per heavy atom. The Morgan fingerprint density at radius 1 is 1.10 bits per heavy atom. The average Bonchev–Trinajstić information content (AvgIpc) is 2.90. The molecule has 0 bridgehead atoms. The van der Waals surface area contributed by atoms with Gasteiger partial charge in [-0.15, -0.1) is 0 Å². The van der Waals surface area contributed by atoms with Gasteiger partial charge in [0.1, 0.15) is 0 Å². The lowest BCUT2D eigenvalue weighted by molar-refractivity contribution is 0.0938. The lowest BCUT2D eigenvalue weighted by Crippen LogP contribution is -2.32. The van der Waals surface area contributed by atoms with Gasteiger partial charge in [0.05, 0.1) is 0 Å². The van der Waals surface area contributed by atoms with Gasteiger partial charge in [0.2, 0.25) is 0 Å². The van der Waals surface area contributed by atoms with Gasteiger partial charge in [-0.1, -0.05) is 51.8 Å². The predicted molar refractivity (Wildman–Crippen MR) is 89.3 cm³/mol. The summed E-state index contributed by atoms with van der Waals surface area (Å²) < 4.78 is 0. The molecule has 1 saturated carbocycles. The number of nitrogens with one attached hydrogen (secondary N) is 1. The molecule has 1 aliphatic carbocycles. The Bertz CT molecular complexity index is 513. The molecule has 2 nitrogen and oxygen atoms in total. The fraction of sp³-hybridized carbons (Fsp3) is 0.526. The average molecular weight is 285 g/mol. The second kappa shape index (κ2) is 6.46. The highest BCUT2D eigenvalue weighted by Gasteiger charge is 2.17. The van der Waals surface area contributed by atoms with Crippen molar-refractivity contribution in [2.75, 3.05) is 0 Å². The van der Waals surface area contributed by atoms with Gasteiger partial charge in [-0.2, -0.15) is 0 Å². The second-order valence-electron chi connectivity index (χ2n) is 7.23. The van der Waals surface area contributed by atoms with Crippen molar-refractivity contribution in [2.45, 2.75) is 59.4 Å². The molecule has 1 aromatic carbocycles. The Hall–Kier alpha value is -1.57. The molecule has 0 radical (unpaired) electrons. The first-order valence-electron chi connectivity index (χ1n) is 7.96. The van der Waals surface area contributed by atoms with E-state index in [1.807, 2.05) is 24.3 Å². The minimum absolute atomic E-state index is 0.0610. The Balaban J connectivity index is 2.04. The molecule has 1 amide bonds. The van der Waals surface area contributed by atoms with Crippen molar-refractivity contribution in [3.05, 3.63) is 41.5 Å². The molecule has 0 unspecified atom stereocenters. The highest BCUT2D eigenvalue weighted by Crippen LogP contribution is 2.24. The van der Waals surface area contributed by atoms with Gasteiger partial charge < -0.3 is 5.32 Å². The van der Waals surface area contributed by atoms with Crippen LogP contribution in [0.15, 0.2) is 30.3 Å². The smallest absolute Gasteiger partial charge is 0.251 e. The van der Waals surface area contributed by atoms with E-state index in [1.54, 1.807) is 0 Å². The Labute approximate surface area is 128 Å². The summed E-state index contributed by atoms with van der Waals surface area (Å²) in [6, 6.07) is 8.32. The number of allylic oxidation sites excluding steroid dienone is 2. The summed E-state index contributed by atoms with van der Waals surface area (Å²) in [7, 11) is 0. The third-order valence-electron chi connectivity index (χ3n) is 3.94. The lowest BCUT2D eigenvalue weighted by atomic mass is 9.91. The van der Waals surface area contributed by atoms with Crippen molar-refractivity contribution >= 4 is 11.5 Å². The third-order valence-corrected chi connectivity index (χ3v) is 3.94. The van der Waals surface area contributed by atoms with E-state index >= 15 is 0 Å². The third kappa shape index (κ3) is 4.73. The zero-order chi connectivity index (χ0) is 15.5. The van der Waals surface area contributed by atoms with Crippen LogP contribution in [0.25, 0.3) is 5.57 Å². The summed E-state index contributed by atoms with van der Waals surface area (Å²) >= 11 is 0. The molecule has 21 heavy (non-hydrogen) atoms. The van der Waals surface area contributed by atoms with E-state index in [0.717, 1.165) is 18.4 Å². The summed E-state index contributed by atoms with van der Waals surface area (Å²) in [4.78, 5) is 12.2. The van der Waals surface area contributed by atoms with E-state index in [4.69, 9.17) is 0 Å². The molecule has 2 rings (SSSR count). The van der Waals surface area contributed by atoms with Crippen LogP contribution in [0, 0.1) is 5.41 Å². The molecular weight excluding hydrogens is 258 g/mol. The van der Waals surface area contributed by atoms with E-state index in [1.165, 1.54) is 24.0 Å². The first-order chi connectivity index (χ1) is 9.85. The maximum absolute atomic E-state index is 12.2. The minimum atomic E-state index is 0.0610. The van der Waals surface area contributed by atoms with Gasteiger partial charge in [-0.05, 0) is 48.4 Å². The molecule has 0 saturated heterocycles. The zero-order valence-electron chi connectivity index (χ0n) is 13.7. The molecule has 2 heteroatoms. The van der Waals surface area contributed by atoms with Gasteiger partial charge in [-0.25, -0.2) is 0 Å². The molecule has 0 heterocycles. The molecule has 114 valence electrons. The molecule has 1 aliphatic rings. The van der Waals surface area contributed by atoms with Crippen molar-refractivity contribution in [3.8, 4) is 0 Å². The van der Waals surface area contributed by atoms with Crippen molar-refractivity contribution in [3.63, 3.8) is 0 Å². The van der Waals surface area contributed by atoms with E-state index in [-0.39, 0.29) is 11.3 Å². The molecule has 0 aromatic heterocycles. The van der Waals surface area contributed by atoms with Gasteiger partial charge in [0.15, 0.2) is 0 Å². The summed E-state index contributed by atoms with van der Waals surface area (Å²) in [5.41, 5.74) is 3.37. The van der Waals surface area contributed by atoms with E-state index in [9.17, 15) is 4.79 Å². The van der Waals surface area contributed by atoms with Crippen LogP contribution in [0.1, 0.15) is 69.3 Å². The van der Waals surface area contributed by atoms with Crippen LogP contribution < -0.4 is 5.32 Å². The number of amides is 1. The summed E-state index contributed by atoms with van der Waals surface area (Å²) in [5.74, 6) is 0.0610. The van der Waals surface area contributed by atoms with Gasteiger partial charge in [-0.3, -0.25) is 4.79 Å².